The third-order valence-corrected chi connectivity index (χ3v) is 3.08. The summed E-state index contributed by atoms with van der Waals surface area (Å²) in [6.07, 6.45) is 0. The Kier molecular flexibility index (Phi) is 4.12. The molecule has 1 rings (SSSR count). The summed E-state index contributed by atoms with van der Waals surface area (Å²) in [5.41, 5.74) is 8.46. The molecule has 1 unspecified atom stereocenters. The number of benzene rings is 1. The van der Waals surface area contributed by atoms with E-state index in [4.69, 9.17) is 10.5 Å². The van der Waals surface area contributed by atoms with E-state index in [9.17, 15) is 4.79 Å². The van der Waals surface area contributed by atoms with Crippen LogP contribution in [0.1, 0.15) is 22.7 Å². The highest BCUT2D eigenvalue weighted by Gasteiger charge is 2.23. The van der Waals surface area contributed by atoms with E-state index in [1.165, 1.54) is 0 Å². The summed E-state index contributed by atoms with van der Waals surface area (Å²) in [5, 5.41) is 0. The van der Waals surface area contributed by atoms with Crippen LogP contribution in [0, 0.1) is 13.8 Å². The van der Waals surface area contributed by atoms with Gasteiger partial charge in [-0.25, -0.2) is 0 Å². The number of carbonyl (C=O) groups is 1. The van der Waals surface area contributed by atoms with Crippen LogP contribution in [0.4, 0.5) is 0 Å². The molecule has 0 bridgehead atoms. The number of rotatable bonds is 4. The molecule has 0 saturated heterocycles. The van der Waals surface area contributed by atoms with Crippen LogP contribution < -0.4 is 10.5 Å². The standard InChI is InChI=1S/C13H20N2O2/c1-8-9(2)11(17-5)7-6-10(8)12(13(14)16)15(3)4/h6-7,12H,1-5H3,(H2,14,16). The zero-order valence-corrected chi connectivity index (χ0v) is 11.1. The monoisotopic (exact) mass is 236 g/mol. The van der Waals surface area contributed by atoms with Crippen LogP contribution in [0.25, 0.3) is 0 Å². The van der Waals surface area contributed by atoms with E-state index >= 15 is 0 Å². The molecule has 0 spiro atoms. The third kappa shape index (κ3) is 2.58. The lowest BCUT2D eigenvalue weighted by Gasteiger charge is -2.24. The SMILES string of the molecule is COc1ccc(C(C(N)=O)N(C)C)c(C)c1C. The molecule has 1 atom stereocenters. The Morgan fingerprint density at radius 1 is 1.29 bits per heavy atom. The van der Waals surface area contributed by atoms with Crippen molar-refractivity contribution in [2.45, 2.75) is 19.9 Å². The smallest absolute Gasteiger partial charge is 0.239 e. The van der Waals surface area contributed by atoms with E-state index in [-0.39, 0.29) is 5.91 Å². The second-order valence-electron chi connectivity index (χ2n) is 4.38. The number of methoxy groups -OCH3 is 1. The van der Waals surface area contributed by atoms with Gasteiger partial charge in [0.25, 0.3) is 0 Å². The van der Waals surface area contributed by atoms with Gasteiger partial charge in [-0.1, -0.05) is 6.07 Å². The van der Waals surface area contributed by atoms with Crippen molar-refractivity contribution in [3.63, 3.8) is 0 Å². The molecule has 1 aromatic carbocycles. The molecule has 0 heterocycles. The summed E-state index contributed by atoms with van der Waals surface area (Å²) in [4.78, 5) is 13.3. The second-order valence-corrected chi connectivity index (χ2v) is 4.38. The number of ether oxygens (including phenoxy) is 1. The van der Waals surface area contributed by atoms with Crippen molar-refractivity contribution in [1.82, 2.24) is 4.90 Å². The van der Waals surface area contributed by atoms with E-state index in [1.807, 2.05) is 45.0 Å². The average molecular weight is 236 g/mol. The molecule has 1 amide bonds. The summed E-state index contributed by atoms with van der Waals surface area (Å²) in [5.74, 6) is 0.482. The van der Waals surface area contributed by atoms with Crippen LogP contribution in [0.3, 0.4) is 0 Å². The van der Waals surface area contributed by atoms with Gasteiger partial charge >= 0.3 is 0 Å². The molecule has 94 valence electrons. The molecular weight excluding hydrogens is 216 g/mol. The van der Waals surface area contributed by atoms with Gasteiger partial charge in [-0.3, -0.25) is 9.69 Å². The van der Waals surface area contributed by atoms with E-state index in [1.54, 1.807) is 7.11 Å². The zero-order chi connectivity index (χ0) is 13.2. The summed E-state index contributed by atoms with van der Waals surface area (Å²) in [6, 6.07) is 3.37. The van der Waals surface area contributed by atoms with Crippen molar-refractivity contribution >= 4 is 5.91 Å². The fraction of sp³-hybridized carbons (Fsp3) is 0.462. The van der Waals surface area contributed by atoms with Crippen molar-refractivity contribution in [2.24, 2.45) is 5.73 Å². The molecule has 4 heteroatoms. The predicted octanol–water partition coefficient (Wildman–Crippen LogP) is 1.40. The highest BCUT2D eigenvalue weighted by molar-refractivity contribution is 5.82. The summed E-state index contributed by atoms with van der Waals surface area (Å²) >= 11 is 0. The van der Waals surface area contributed by atoms with Crippen LogP contribution in [0.2, 0.25) is 0 Å². The molecule has 0 fully saturated rings. The molecule has 0 radical (unpaired) electrons. The quantitative estimate of drug-likeness (QED) is 0.859. The maximum Gasteiger partial charge on any atom is 0.239 e. The highest BCUT2D eigenvalue weighted by Crippen LogP contribution is 2.29. The largest absolute Gasteiger partial charge is 0.496 e. The lowest BCUT2D eigenvalue weighted by Crippen LogP contribution is -2.33. The number of hydrogen-bond acceptors (Lipinski definition) is 3. The molecule has 0 aliphatic carbocycles. The van der Waals surface area contributed by atoms with Crippen LogP contribution in [0.15, 0.2) is 12.1 Å². The molecule has 1 aromatic rings. The first-order valence-electron chi connectivity index (χ1n) is 5.50. The van der Waals surface area contributed by atoms with E-state index in [0.29, 0.717) is 0 Å². The van der Waals surface area contributed by atoms with Crippen molar-refractivity contribution < 1.29 is 9.53 Å². The van der Waals surface area contributed by atoms with E-state index in [2.05, 4.69) is 0 Å². The summed E-state index contributed by atoms with van der Waals surface area (Å²) in [7, 11) is 5.32. The maximum absolute atomic E-state index is 11.5. The Bertz CT molecular complexity index is 428. The summed E-state index contributed by atoms with van der Waals surface area (Å²) in [6.45, 7) is 3.96. The maximum atomic E-state index is 11.5. The van der Waals surface area contributed by atoms with Gasteiger partial charge in [-0.2, -0.15) is 0 Å². The number of nitrogens with zero attached hydrogens (tertiary/aromatic N) is 1. The van der Waals surface area contributed by atoms with Gasteiger partial charge in [0.2, 0.25) is 5.91 Å². The number of primary amides is 1. The minimum Gasteiger partial charge on any atom is -0.496 e. The number of carbonyl (C=O) groups excluding carboxylic acids is 1. The summed E-state index contributed by atoms with van der Waals surface area (Å²) < 4.78 is 5.25. The number of nitrogens with two attached hydrogens (primary N) is 1. The van der Waals surface area contributed by atoms with Crippen LogP contribution >= 0.6 is 0 Å². The fourth-order valence-corrected chi connectivity index (χ4v) is 2.02. The van der Waals surface area contributed by atoms with Gasteiger partial charge in [0.15, 0.2) is 0 Å². The molecule has 0 aromatic heterocycles. The van der Waals surface area contributed by atoms with E-state index in [0.717, 1.165) is 22.4 Å². The van der Waals surface area contributed by atoms with Gasteiger partial charge in [-0.15, -0.1) is 0 Å². The predicted molar refractivity (Wildman–Crippen MR) is 68.1 cm³/mol. The van der Waals surface area contributed by atoms with Crippen molar-refractivity contribution in [3.8, 4) is 5.75 Å². The molecule has 0 aliphatic heterocycles. The molecule has 17 heavy (non-hydrogen) atoms. The minimum atomic E-state index is -0.403. The molecular formula is C13H20N2O2. The second kappa shape index (κ2) is 5.19. The number of amides is 1. The Morgan fingerprint density at radius 2 is 1.88 bits per heavy atom. The molecule has 2 N–H and O–H groups in total. The van der Waals surface area contributed by atoms with Crippen LogP contribution in [-0.4, -0.2) is 32.0 Å². The lowest BCUT2D eigenvalue weighted by atomic mass is 9.95. The topological polar surface area (TPSA) is 55.6 Å². The number of hydrogen-bond donors (Lipinski definition) is 1. The van der Waals surface area contributed by atoms with Crippen molar-refractivity contribution in [1.29, 1.82) is 0 Å². The lowest BCUT2D eigenvalue weighted by molar-refractivity contribution is -0.122. The van der Waals surface area contributed by atoms with Gasteiger partial charge in [-0.05, 0) is 50.7 Å². The molecule has 4 nitrogen and oxygen atoms in total. The molecule has 0 saturated carbocycles. The highest BCUT2D eigenvalue weighted by atomic mass is 16.5. The first kappa shape index (κ1) is 13.5. The van der Waals surface area contributed by atoms with E-state index < -0.39 is 6.04 Å². The van der Waals surface area contributed by atoms with Crippen LogP contribution in [0.5, 0.6) is 5.75 Å². The Labute approximate surface area is 102 Å². The first-order chi connectivity index (χ1) is 7.90. The minimum absolute atomic E-state index is 0.345. The Hall–Kier alpha value is -1.55. The zero-order valence-electron chi connectivity index (χ0n) is 11.1. The van der Waals surface area contributed by atoms with Gasteiger partial charge in [0.1, 0.15) is 11.8 Å². The van der Waals surface area contributed by atoms with Crippen molar-refractivity contribution in [3.05, 3.63) is 28.8 Å². The Morgan fingerprint density at radius 3 is 2.29 bits per heavy atom. The van der Waals surface area contributed by atoms with Crippen LogP contribution in [-0.2, 0) is 4.79 Å². The average Bonchev–Trinajstić information content (AvgIpc) is 2.24. The third-order valence-electron chi connectivity index (χ3n) is 3.08. The van der Waals surface area contributed by atoms with Crippen molar-refractivity contribution in [2.75, 3.05) is 21.2 Å². The van der Waals surface area contributed by atoms with Gasteiger partial charge in [0, 0.05) is 0 Å². The molecule has 0 aliphatic rings. The fourth-order valence-electron chi connectivity index (χ4n) is 2.02. The first-order valence-corrected chi connectivity index (χ1v) is 5.50. The number of likely N-dealkylation sites (N-methyl/N-ethyl adjacent to an activating group) is 1. The Balaban J connectivity index is 3.31. The van der Waals surface area contributed by atoms with Gasteiger partial charge in [0.05, 0.1) is 7.11 Å². The normalized spacial score (nSPS) is 12.6. The van der Waals surface area contributed by atoms with Gasteiger partial charge < -0.3 is 10.5 Å².